The van der Waals surface area contributed by atoms with E-state index in [-0.39, 0.29) is 19.7 Å². The minimum absolute atomic E-state index is 0.136. The van der Waals surface area contributed by atoms with E-state index >= 15 is 0 Å². The molecule has 94 valence electrons. The predicted molar refractivity (Wildman–Crippen MR) is 63.2 cm³/mol. The van der Waals surface area contributed by atoms with Crippen molar-refractivity contribution in [2.75, 3.05) is 19.7 Å². The normalized spacial score (nSPS) is 12.1. The molecular formula is C12H17NO4. The Morgan fingerprint density at radius 2 is 2.18 bits per heavy atom. The van der Waals surface area contributed by atoms with Gasteiger partial charge in [0.1, 0.15) is 18.5 Å². The van der Waals surface area contributed by atoms with Crippen LogP contribution in [-0.2, 0) is 4.79 Å². The molecule has 1 unspecified atom stereocenters. The highest BCUT2D eigenvalue weighted by molar-refractivity contribution is 5.68. The van der Waals surface area contributed by atoms with Gasteiger partial charge in [-0.15, -0.1) is 0 Å². The molecule has 17 heavy (non-hydrogen) atoms. The summed E-state index contributed by atoms with van der Waals surface area (Å²) >= 11 is 0. The lowest BCUT2D eigenvalue weighted by molar-refractivity contribution is -0.136. The van der Waals surface area contributed by atoms with Crippen LogP contribution in [0, 0.1) is 6.92 Å². The molecule has 5 heteroatoms. The number of aliphatic carboxylic acids is 1. The van der Waals surface area contributed by atoms with Gasteiger partial charge in [-0.05, 0) is 18.6 Å². The van der Waals surface area contributed by atoms with Crippen LogP contribution in [-0.4, -0.2) is 42.0 Å². The largest absolute Gasteiger partial charge is 0.491 e. The van der Waals surface area contributed by atoms with Gasteiger partial charge in [0.15, 0.2) is 0 Å². The molecule has 5 nitrogen and oxygen atoms in total. The SMILES string of the molecule is Cc1ccccc1OCC(O)CNCC(=O)O. The van der Waals surface area contributed by atoms with Gasteiger partial charge < -0.3 is 20.3 Å². The summed E-state index contributed by atoms with van der Waals surface area (Å²) in [7, 11) is 0. The fraction of sp³-hybridized carbons (Fsp3) is 0.417. The summed E-state index contributed by atoms with van der Waals surface area (Å²) < 4.78 is 5.42. The minimum atomic E-state index is -0.947. The molecule has 0 radical (unpaired) electrons. The first kappa shape index (κ1) is 13.5. The zero-order chi connectivity index (χ0) is 12.7. The molecule has 0 fully saturated rings. The minimum Gasteiger partial charge on any atom is -0.491 e. The smallest absolute Gasteiger partial charge is 0.317 e. The number of aryl methyl sites for hydroxylation is 1. The van der Waals surface area contributed by atoms with Crippen LogP contribution >= 0.6 is 0 Å². The molecular weight excluding hydrogens is 222 g/mol. The summed E-state index contributed by atoms with van der Waals surface area (Å²) in [5, 5.41) is 20.5. The number of ether oxygens (including phenoxy) is 1. The fourth-order valence-corrected chi connectivity index (χ4v) is 1.31. The van der Waals surface area contributed by atoms with Crippen molar-refractivity contribution in [3.8, 4) is 5.75 Å². The number of aliphatic hydroxyl groups is 1. The van der Waals surface area contributed by atoms with Crippen molar-refractivity contribution in [3.63, 3.8) is 0 Å². The Balaban J connectivity index is 2.26. The van der Waals surface area contributed by atoms with Crippen LogP contribution in [0.1, 0.15) is 5.56 Å². The van der Waals surface area contributed by atoms with Crippen LogP contribution in [0.5, 0.6) is 5.75 Å². The van der Waals surface area contributed by atoms with Crippen molar-refractivity contribution in [1.29, 1.82) is 0 Å². The highest BCUT2D eigenvalue weighted by Crippen LogP contribution is 2.15. The molecule has 0 heterocycles. The second-order valence-corrected chi connectivity index (χ2v) is 3.75. The Morgan fingerprint density at radius 1 is 1.47 bits per heavy atom. The van der Waals surface area contributed by atoms with Crippen LogP contribution in [0.2, 0.25) is 0 Å². The van der Waals surface area contributed by atoms with Gasteiger partial charge in [0.25, 0.3) is 0 Å². The number of aliphatic hydroxyl groups excluding tert-OH is 1. The number of hydrogen-bond donors (Lipinski definition) is 3. The highest BCUT2D eigenvalue weighted by atomic mass is 16.5. The molecule has 1 atom stereocenters. The third-order valence-electron chi connectivity index (χ3n) is 2.18. The second-order valence-electron chi connectivity index (χ2n) is 3.75. The van der Waals surface area contributed by atoms with Crippen LogP contribution < -0.4 is 10.1 Å². The number of para-hydroxylation sites is 1. The van der Waals surface area contributed by atoms with E-state index in [9.17, 15) is 9.90 Å². The standard InChI is InChI=1S/C12H17NO4/c1-9-4-2-3-5-11(9)17-8-10(14)6-13-7-12(15)16/h2-5,10,13-14H,6-8H2,1H3,(H,15,16). The predicted octanol–water partition coefficient (Wildman–Crippen LogP) is 0.409. The number of nitrogens with one attached hydrogen (secondary N) is 1. The Labute approximate surface area is 100 Å². The summed E-state index contributed by atoms with van der Waals surface area (Å²) in [5.41, 5.74) is 0.998. The first-order valence-electron chi connectivity index (χ1n) is 5.38. The van der Waals surface area contributed by atoms with Crippen LogP contribution in [0.3, 0.4) is 0 Å². The molecule has 0 aliphatic carbocycles. The average molecular weight is 239 g/mol. The zero-order valence-electron chi connectivity index (χ0n) is 9.72. The summed E-state index contributed by atoms with van der Waals surface area (Å²) in [4.78, 5) is 10.2. The molecule has 1 aromatic carbocycles. The molecule has 0 bridgehead atoms. The number of carboxylic acid groups (broad SMARTS) is 1. The van der Waals surface area contributed by atoms with E-state index in [1.807, 2.05) is 31.2 Å². The molecule has 1 aromatic rings. The van der Waals surface area contributed by atoms with E-state index in [0.29, 0.717) is 0 Å². The van der Waals surface area contributed by atoms with Crippen molar-refractivity contribution in [2.45, 2.75) is 13.0 Å². The van der Waals surface area contributed by atoms with Crippen LogP contribution in [0.4, 0.5) is 0 Å². The van der Waals surface area contributed by atoms with E-state index in [0.717, 1.165) is 11.3 Å². The van der Waals surface area contributed by atoms with Gasteiger partial charge in [0.05, 0.1) is 6.54 Å². The van der Waals surface area contributed by atoms with Gasteiger partial charge in [0, 0.05) is 6.54 Å². The van der Waals surface area contributed by atoms with Crippen LogP contribution in [0.25, 0.3) is 0 Å². The van der Waals surface area contributed by atoms with Crippen molar-refractivity contribution in [1.82, 2.24) is 5.32 Å². The van der Waals surface area contributed by atoms with Gasteiger partial charge in [-0.25, -0.2) is 0 Å². The molecule has 0 saturated heterocycles. The summed E-state index contributed by atoms with van der Waals surface area (Å²) in [6, 6.07) is 7.52. The van der Waals surface area contributed by atoms with E-state index < -0.39 is 12.1 Å². The molecule has 0 aliphatic heterocycles. The maximum Gasteiger partial charge on any atom is 0.317 e. The summed E-state index contributed by atoms with van der Waals surface area (Å²) in [5.74, 6) is -0.221. The maximum absolute atomic E-state index is 10.2. The van der Waals surface area contributed by atoms with Crippen molar-refractivity contribution < 1.29 is 19.7 Å². The van der Waals surface area contributed by atoms with Crippen LogP contribution in [0.15, 0.2) is 24.3 Å². The second kappa shape index (κ2) is 6.88. The van der Waals surface area contributed by atoms with Gasteiger partial charge in [-0.1, -0.05) is 18.2 Å². The molecule has 0 saturated carbocycles. The monoisotopic (exact) mass is 239 g/mol. The van der Waals surface area contributed by atoms with E-state index in [1.54, 1.807) is 0 Å². The third kappa shape index (κ3) is 5.33. The highest BCUT2D eigenvalue weighted by Gasteiger charge is 2.06. The third-order valence-corrected chi connectivity index (χ3v) is 2.18. The fourth-order valence-electron chi connectivity index (χ4n) is 1.31. The van der Waals surface area contributed by atoms with Gasteiger partial charge in [-0.2, -0.15) is 0 Å². The molecule has 3 N–H and O–H groups in total. The zero-order valence-corrected chi connectivity index (χ0v) is 9.72. The topological polar surface area (TPSA) is 78.8 Å². The van der Waals surface area contributed by atoms with Gasteiger partial charge in [-0.3, -0.25) is 4.79 Å². The molecule has 0 amide bonds. The van der Waals surface area contributed by atoms with Gasteiger partial charge in [0.2, 0.25) is 0 Å². The average Bonchev–Trinajstić information content (AvgIpc) is 2.27. The van der Waals surface area contributed by atoms with Gasteiger partial charge >= 0.3 is 5.97 Å². The maximum atomic E-state index is 10.2. The molecule has 0 aliphatic rings. The summed E-state index contributed by atoms with van der Waals surface area (Å²) in [6.07, 6.45) is -0.728. The molecule has 1 rings (SSSR count). The van der Waals surface area contributed by atoms with Crippen molar-refractivity contribution in [2.24, 2.45) is 0 Å². The first-order valence-corrected chi connectivity index (χ1v) is 5.38. The Morgan fingerprint density at radius 3 is 2.82 bits per heavy atom. The van der Waals surface area contributed by atoms with E-state index in [4.69, 9.17) is 9.84 Å². The lowest BCUT2D eigenvalue weighted by atomic mass is 10.2. The Hall–Kier alpha value is -1.59. The van der Waals surface area contributed by atoms with E-state index in [1.165, 1.54) is 0 Å². The Bertz CT molecular complexity index is 367. The number of carboxylic acids is 1. The summed E-state index contributed by atoms with van der Waals surface area (Å²) in [6.45, 7) is 2.08. The number of carbonyl (C=O) groups is 1. The molecule has 0 aromatic heterocycles. The Kier molecular flexibility index (Phi) is 5.45. The number of rotatable bonds is 7. The lowest BCUT2D eigenvalue weighted by Gasteiger charge is -2.13. The lowest BCUT2D eigenvalue weighted by Crippen LogP contribution is -2.34. The number of hydrogen-bond acceptors (Lipinski definition) is 4. The van der Waals surface area contributed by atoms with Crippen molar-refractivity contribution >= 4 is 5.97 Å². The van der Waals surface area contributed by atoms with Crippen molar-refractivity contribution in [3.05, 3.63) is 29.8 Å². The molecule has 0 spiro atoms. The first-order chi connectivity index (χ1) is 8.09. The number of benzene rings is 1. The van der Waals surface area contributed by atoms with E-state index in [2.05, 4.69) is 5.32 Å². The quantitative estimate of drug-likeness (QED) is 0.642.